The van der Waals surface area contributed by atoms with Gasteiger partial charge in [0.2, 0.25) is 5.91 Å². The number of hydrogen-bond acceptors (Lipinski definition) is 4. The molecule has 0 spiro atoms. The highest BCUT2D eigenvalue weighted by molar-refractivity contribution is 6.31. The molecular formula is C14H15ClN4O3. The number of halogens is 1. The molecule has 2 aromatic rings. The molecule has 0 aliphatic carbocycles. The monoisotopic (exact) mass is 322 g/mol. The van der Waals surface area contributed by atoms with E-state index < -0.39 is 11.0 Å². The highest BCUT2D eigenvalue weighted by Crippen LogP contribution is 2.25. The molecule has 1 atom stereocenters. The zero-order chi connectivity index (χ0) is 16.4. The molecule has 1 unspecified atom stereocenters. The van der Waals surface area contributed by atoms with Crippen molar-refractivity contribution in [2.24, 2.45) is 0 Å². The lowest BCUT2D eigenvalue weighted by atomic mass is 10.2. The van der Waals surface area contributed by atoms with Crippen LogP contribution in [0.1, 0.15) is 24.2 Å². The van der Waals surface area contributed by atoms with E-state index in [2.05, 4.69) is 10.4 Å². The van der Waals surface area contributed by atoms with Crippen molar-refractivity contribution in [3.63, 3.8) is 0 Å². The maximum Gasteiger partial charge on any atom is 0.309 e. The molecule has 1 amide bonds. The molecule has 0 bridgehead atoms. The summed E-state index contributed by atoms with van der Waals surface area (Å²) in [5.41, 5.74) is 1.57. The van der Waals surface area contributed by atoms with Gasteiger partial charge in [-0.15, -0.1) is 0 Å². The van der Waals surface area contributed by atoms with E-state index in [0.29, 0.717) is 16.4 Å². The van der Waals surface area contributed by atoms with Gasteiger partial charge in [-0.2, -0.15) is 5.10 Å². The largest absolute Gasteiger partial charge is 0.324 e. The Morgan fingerprint density at radius 3 is 2.73 bits per heavy atom. The summed E-state index contributed by atoms with van der Waals surface area (Å²) >= 11 is 6.01. The fraction of sp³-hybridized carbons (Fsp3) is 0.286. The number of nitrogens with one attached hydrogen (secondary N) is 1. The summed E-state index contributed by atoms with van der Waals surface area (Å²) < 4.78 is 1.33. The number of carbonyl (C=O) groups is 1. The van der Waals surface area contributed by atoms with E-state index in [4.69, 9.17) is 11.6 Å². The van der Waals surface area contributed by atoms with Crippen molar-refractivity contribution in [3.8, 4) is 0 Å². The topological polar surface area (TPSA) is 90.1 Å². The molecule has 22 heavy (non-hydrogen) atoms. The van der Waals surface area contributed by atoms with E-state index in [1.165, 1.54) is 4.68 Å². The lowest BCUT2D eigenvalue weighted by molar-refractivity contribution is -0.385. The van der Waals surface area contributed by atoms with Crippen LogP contribution in [0.15, 0.2) is 24.4 Å². The standard InChI is InChI=1S/C14H15ClN4O3/c1-8-11(15)5-4-6-12(8)17-14(20)10(3)18-9(2)13(7-16-18)19(21)22/h4-7,10H,1-3H3,(H,17,20). The summed E-state index contributed by atoms with van der Waals surface area (Å²) in [4.78, 5) is 22.6. The molecular weight excluding hydrogens is 308 g/mol. The normalized spacial score (nSPS) is 12.0. The van der Waals surface area contributed by atoms with Crippen LogP contribution in [-0.2, 0) is 4.79 Å². The molecule has 1 N–H and O–H groups in total. The number of nitrogens with zero attached hydrogens (tertiary/aromatic N) is 3. The average Bonchev–Trinajstić information content (AvgIpc) is 2.85. The predicted molar refractivity (Wildman–Crippen MR) is 83.1 cm³/mol. The first-order valence-electron chi connectivity index (χ1n) is 6.57. The van der Waals surface area contributed by atoms with Gasteiger partial charge < -0.3 is 5.32 Å². The van der Waals surface area contributed by atoms with Crippen molar-refractivity contribution >= 4 is 28.9 Å². The molecule has 0 saturated carbocycles. The van der Waals surface area contributed by atoms with Crippen molar-refractivity contribution in [2.45, 2.75) is 26.8 Å². The molecule has 116 valence electrons. The van der Waals surface area contributed by atoms with Crippen LogP contribution in [0.25, 0.3) is 0 Å². The summed E-state index contributed by atoms with van der Waals surface area (Å²) in [5.74, 6) is -0.327. The molecule has 1 aromatic carbocycles. The minimum Gasteiger partial charge on any atom is -0.324 e. The van der Waals surface area contributed by atoms with Crippen LogP contribution in [0.2, 0.25) is 5.02 Å². The van der Waals surface area contributed by atoms with Gasteiger partial charge in [0, 0.05) is 10.7 Å². The van der Waals surface area contributed by atoms with Crippen LogP contribution in [0.5, 0.6) is 0 Å². The summed E-state index contributed by atoms with van der Waals surface area (Å²) in [6, 6.07) is 4.52. The first kappa shape index (κ1) is 16.0. The molecule has 1 aromatic heterocycles. The number of nitro groups is 1. The summed E-state index contributed by atoms with van der Waals surface area (Å²) in [6.07, 6.45) is 1.14. The van der Waals surface area contributed by atoms with Gasteiger partial charge in [-0.1, -0.05) is 17.7 Å². The summed E-state index contributed by atoms with van der Waals surface area (Å²) in [5, 5.41) is 18.1. The number of benzene rings is 1. The van der Waals surface area contributed by atoms with Gasteiger partial charge in [0.05, 0.1) is 4.92 Å². The number of hydrogen-bond donors (Lipinski definition) is 1. The number of carbonyl (C=O) groups excluding carboxylic acids is 1. The SMILES string of the molecule is Cc1c(Cl)cccc1NC(=O)C(C)n1ncc([N+](=O)[O-])c1C. The van der Waals surface area contributed by atoms with Crippen molar-refractivity contribution in [1.29, 1.82) is 0 Å². The molecule has 8 heteroatoms. The third-order valence-electron chi connectivity index (χ3n) is 3.49. The van der Waals surface area contributed by atoms with Crippen LogP contribution in [0, 0.1) is 24.0 Å². The second kappa shape index (κ2) is 6.15. The Balaban J connectivity index is 2.23. The highest BCUT2D eigenvalue weighted by atomic mass is 35.5. The molecule has 0 fully saturated rings. The Bertz CT molecular complexity index is 742. The number of rotatable bonds is 4. The van der Waals surface area contributed by atoms with Crippen LogP contribution in [0.3, 0.4) is 0 Å². The second-order valence-electron chi connectivity index (χ2n) is 4.89. The van der Waals surface area contributed by atoms with Crippen LogP contribution in [-0.4, -0.2) is 20.6 Å². The summed E-state index contributed by atoms with van der Waals surface area (Å²) in [7, 11) is 0. The van der Waals surface area contributed by atoms with Crippen LogP contribution in [0.4, 0.5) is 11.4 Å². The first-order valence-corrected chi connectivity index (χ1v) is 6.95. The Kier molecular flexibility index (Phi) is 4.46. The lowest BCUT2D eigenvalue weighted by Gasteiger charge is -2.15. The smallest absolute Gasteiger partial charge is 0.309 e. The van der Waals surface area contributed by atoms with Gasteiger partial charge in [-0.25, -0.2) is 0 Å². The zero-order valence-electron chi connectivity index (χ0n) is 12.3. The zero-order valence-corrected chi connectivity index (χ0v) is 13.1. The molecule has 7 nitrogen and oxygen atoms in total. The second-order valence-corrected chi connectivity index (χ2v) is 5.30. The van der Waals surface area contributed by atoms with Gasteiger partial charge in [0.15, 0.2) is 0 Å². The van der Waals surface area contributed by atoms with Crippen molar-refractivity contribution in [2.75, 3.05) is 5.32 Å². The van der Waals surface area contributed by atoms with Crippen molar-refractivity contribution < 1.29 is 9.72 Å². The number of amides is 1. The molecule has 0 radical (unpaired) electrons. The maximum absolute atomic E-state index is 12.3. The van der Waals surface area contributed by atoms with Gasteiger partial charge in [0.25, 0.3) is 0 Å². The van der Waals surface area contributed by atoms with E-state index >= 15 is 0 Å². The van der Waals surface area contributed by atoms with E-state index in [0.717, 1.165) is 11.8 Å². The van der Waals surface area contributed by atoms with E-state index in [1.807, 2.05) is 0 Å². The molecule has 0 aliphatic rings. The molecule has 0 aliphatic heterocycles. The predicted octanol–water partition coefficient (Wildman–Crippen LogP) is 3.26. The Hall–Kier alpha value is -2.41. The molecule has 2 rings (SSSR count). The minimum atomic E-state index is -0.688. The third kappa shape index (κ3) is 2.94. The Labute approximate surface area is 132 Å². The van der Waals surface area contributed by atoms with Gasteiger partial charge in [-0.3, -0.25) is 19.6 Å². The van der Waals surface area contributed by atoms with E-state index in [1.54, 1.807) is 39.0 Å². The van der Waals surface area contributed by atoms with Crippen molar-refractivity contribution in [3.05, 3.63) is 50.8 Å². The van der Waals surface area contributed by atoms with Gasteiger partial charge in [0.1, 0.15) is 17.9 Å². The molecule has 1 heterocycles. The van der Waals surface area contributed by atoms with E-state index in [-0.39, 0.29) is 11.6 Å². The van der Waals surface area contributed by atoms with E-state index in [9.17, 15) is 14.9 Å². The van der Waals surface area contributed by atoms with Gasteiger partial charge >= 0.3 is 5.69 Å². The first-order chi connectivity index (χ1) is 10.3. The van der Waals surface area contributed by atoms with Crippen LogP contribution < -0.4 is 5.32 Å². The lowest BCUT2D eigenvalue weighted by Crippen LogP contribution is -2.25. The van der Waals surface area contributed by atoms with Gasteiger partial charge in [-0.05, 0) is 38.5 Å². The third-order valence-corrected chi connectivity index (χ3v) is 3.90. The summed E-state index contributed by atoms with van der Waals surface area (Å²) in [6.45, 7) is 4.98. The maximum atomic E-state index is 12.3. The number of anilines is 1. The van der Waals surface area contributed by atoms with Crippen LogP contribution >= 0.6 is 11.6 Å². The highest BCUT2D eigenvalue weighted by Gasteiger charge is 2.24. The van der Waals surface area contributed by atoms with Crippen molar-refractivity contribution in [1.82, 2.24) is 9.78 Å². The fourth-order valence-corrected chi connectivity index (χ4v) is 2.25. The number of aromatic nitrogens is 2. The minimum absolute atomic E-state index is 0.112. The Morgan fingerprint density at radius 1 is 1.45 bits per heavy atom. The quantitative estimate of drug-likeness (QED) is 0.691. The molecule has 0 saturated heterocycles. The Morgan fingerprint density at radius 2 is 2.14 bits per heavy atom. The average molecular weight is 323 g/mol. The fourth-order valence-electron chi connectivity index (χ4n) is 2.08.